The van der Waals surface area contributed by atoms with Crippen molar-refractivity contribution < 1.29 is 23.1 Å². The van der Waals surface area contributed by atoms with Gasteiger partial charge in [0.2, 0.25) is 11.8 Å². The normalized spacial score (nSPS) is 43.7. The quantitative estimate of drug-likeness (QED) is 0.234. The first-order chi connectivity index (χ1) is 18.2. The van der Waals surface area contributed by atoms with Gasteiger partial charge in [0.15, 0.2) is 0 Å². The second-order valence-corrected chi connectivity index (χ2v) is 13.4. The molecule has 5 fully saturated rings. The summed E-state index contributed by atoms with van der Waals surface area (Å²) >= 11 is 8.09. The molecule has 5 aliphatic heterocycles. The first-order valence-electron chi connectivity index (χ1n) is 13.9. The van der Waals surface area contributed by atoms with Crippen molar-refractivity contribution in [3.63, 3.8) is 0 Å². The molecule has 5 rings (SSSR count). The molecular weight excluding hydrogens is 538 g/mol. The number of carbonyl (C=O) groups is 2. The van der Waals surface area contributed by atoms with E-state index < -0.39 is 18.5 Å². The van der Waals surface area contributed by atoms with E-state index in [1.54, 1.807) is 23.8 Å². The Hall–Kier alpha value is -0.760. The number of nitrogens with zero attached hydrogens (tertiary/aromatic N) is 1. The van der Waals surface area contributed by atoms with Crippen LogP contribution in [-0.2, 0) is 14.3 Å². The fourth-order valence-electron chi connectivity index (χ4n) is 7.03. The Morgan fingerprint density at radius 3 is 2.66 bits per heavy atom. The van der Waals surface area contributed by atoms with Crippen molar-refractivity contribution in [2.24, 2.45) is 17.8 Å². The largest absolute Gasteiger partial charge is 0.380 e. The molecule has 5 heterocycles. The van der Waals surface area contributed by atoms with E-state index in [0.29, 0.717) is 51.5 Å². The van der Waals surface area contributed by atoms with Crippen LogP contribution in [0.5, 0.6) is 0 Å². The fourth-order valence-corrected chi connectivity index (χ4v) is 8.73. The van der Waals surface area contributed by atoms with Gasteiger partial charge in [-0.2, -0.15) is 0 Å². The van der Waals surface area contributed by atoms with E-state index in [1.807, 2.05) is 0 Å². The second-order valence-electron chi connectivity index (χ2n) is 11.5. The Morgan fingerprint density at radius 2 is 1.92 bits per heavy atom. The van der Waals surface area contributed by atoms with E-state index in [4.69, 9.17) is 16.3 Å². The molecule has 5 saturated heterocycles. The molecule has 0 radical (unpaired) electrons. The highest BCUT2D eigenvalue weighted by atomic mass is 35.5. The van der Waals surface area contributed by atoms with Crippen molar-refractivity contribution in [3.8, 4) is 0 Å². The number of ether oxygens (including phenoxy) is 1. The van der Waals surface area contributed by atoms with Crippen LogP contribution in [-0.4, -0.2) is 103 Å². The van der Waals surface area contributed by atoms with Crippen LogP contribution in [0.4, 0.5) is 8.78 Å². The predicted molar refractivity (Wildman–Crippen MR) is 143 cm³/mol. The van der Waals surface area contributed by atoms with Gasteiger partial charge in [-0.1, -0.05) is 0 Å². The molecular formula is C25H41ClF2N6O3S. The molecule has 0 aromatic heterocycles. The smallest absolute Gasteiger partial charge is 0.253 e. The standard InChI is InChI=1S/C25H41ClF2N6O3S/c1-12-6-13(14-7-21(26)30-9-19(14)37-2)15(8-29-12)23(35)33-25-32-18-10-34(11-20(18)38-25)24(36)17-5-3-4-16(31-17)22(27)28/h12-22,25,29-32H,3-11H2,1-2H3,(H,33,35). The van der Waals surface area contributed by atoms with Crippen LogP contribution in [0.1, 0.15) is 39.0 Å². The molecule has 2 amide bonds. The van der Waals surface area contributed by atoms with E-state index in [9.17, 15) is 18.4 Å². The van der Waals surface area contributed by atoms with Crippen molar-refractivity contribution in [2.75, 3.05) is 33.3 Å². The highest BCUT2D eigenvalue weighted by Gasteiger charge is 2.47. The number of rotatable bonds is 6. The lowest BCUT2D eigenvalue weighted by Gasteiger charge is -2.45. The molecule has 0 aromatic rings. The van der Waals surface area contributed by atoms with Gasteiger partial charge in [-0.05, 0) is 50.9 Å². The number of likely N-dealkylation sites (tertiary alicyclic amines) is 1. The number of carbonyl (C=O) groups excluding carboxylic acids is 2. The van der Waals surface area contributed by atoms with Gasteiger partial charge in [0.05, 0.1) is 29.6 Å². The van der Waals surface area contributed by atoms with Crippen LogP contribution >= 0.6 is 23.4 Å². The molecule has 0 bridgehead atoms. The second kappa shape index (κ2) is 12.4. The van der Waals surface area contributed by atoms with Crippen molar-refractivity contribution in [2.45, 2.75) is 92.0 Å². The average molecular weight is 579 g/mol. The molecule has 0 spiro atoms. The minimum absolute atomic E-state index is 0.0204. The highest BCUT2D eigenvalue weighted by molar-refractivity contribution is 8.00. The van der Waals surface area contributed by atoms with Gasteiger partial charge in [-0.3, -0.25) is 25.5 Å². The SMILES string of the molecule is COC1CNC(Cl)CC1C1CC(C)NCC1C(=O)NC1NC2CN(C(=O)C3CCCC(C(F)F)N3)CC2S1. The number of nitrogens with one attached hydrogen (secondary N) is 5. The molecule has 9 nitrogen and oxygen atoms in total. The van der Waals surface area contributed by atoms with E-state index in [1.165, 1.54) is 0 Å². The summed E-state index contributed by atoms with van der Waals surface area (Å²) < 4.78 is 32.1. The van der Waals surface area contributed by atoms with Crippen LogP contribution in [0.25, 0.3) is 0 Å². The molecule has 5 aliphatic rings. The van der Waals surface area contributed by atoms with Crippen molar-refractivity contribution in [1.29, 1.82) is 0 Å². The molecule has 0 saturated carbocycles. The van der Waals surface area contributed by atoms with Gasteiger partial charge in [0.1, 0.15) is 5.50 Å². The summed E-state index contributed by atoms with van der Waals surface area (Å²) in [6.45, 7) is 4.53. The number of fused-ring (bicyclic) bond motifs is 1. The molecule has 38 heavy (non-hydrogen) atoms. The third kappa shape index (κ3) is 6.26. The monoisotopic (exact) mass is 578 g/mol. The predicted octanol–water partition coefficient (Wildman–Crippen LogP) is 0.881. The minimum atomic E-state index is -2.46. The lowest BCUT2D eigenvalue weighted by Crippen LogP contribution is -2.57. The molecule has 0 aromatic carbocycles. The first kappa shape index (κ1) is 28.8. The van der Waals surface area contributed by atoms with E-state index in [-0.39, 0.29) is 58.0 Å². The Kier molecular flexibility index (Phi) is 9.39. The van der Waals surface area contributed by atoms with Crippen LogP contribution in [0.3, 0.4) is 0 Å². The van der Waals surface area contributed by atoms with E-state index in [0.717, 1.165) is 12.8 Å². The maximum absolute atomic E-state index is 13.5. The maximum atomic E-state index is 13.5. The molecule has 11 unspecified atom stereocenters. The summed E-state index contributed by atoms with van der Waals surface area (Å²) in [5, 5.41) is 16.5. The van der Waals surface area contributed by atoms with Gasteiger partial charge in [0.25, 0.3) is 6.43 Å². The third-order valence-electron chi connectivity index (χ3n) is 9.07. The van der Waals surface area contributed by atoms with E-state index >= 15 is 0 Å². The van der Waals surface area contributed by atoms with Gasteiger partial charge in [-0.15, -0.1) is 23.4 Å². The van der Waals surface area contributed by atoms with E-state index in [2.05, 4.69) is 33.5 Å². The number of alkyl halides is 3. The summed E-state index contributed by atoms with van der Waals surface area (Å²) in [7, 11) is 1.72. The number of methoxy groups -OCH3 is 1. The Morgan fingerprint density at radius 1 is 1.11 bits per heavy atom. The zero-order chi connectivity index (χ0) is 27.0. The zero-order valence-corrected chi connectivity index (χ0v) is 23.6. The number of hydrogen-bond acceptors (Lipinski definition) is 8. The van der Waals surface area contributed by atoms with Crippen LogP contribution in [0, 0.1) is 17.8 Å². The Labute approximate surface area is 232 Å². The fraction of sp³-hybridized carbons (Fsp3) is 0.920. The van der Waals surface area contributed by atoms with Crippen LogP contribution in [0.15, 0.2) is 0 Å². The lowest BCUT2D eigenvalue weighted by atomic mass is 9.70. The van der Waals surface area contributed by atoms with Gasteiger partial charge >= 0.3 is 0 Å². The third-order valence-corrected chi connectivity index (χ3v) is 10.8. The van der Waals surface area contributed by atoms with Crippen molar-refractivity contribution in [1.82, 2.24) is 31.5 Å². The van der Waals surface area contributed by atoms with Gasteiger partial charge < -0.3 is 20.3 Å². The summed E-state index contributed by atoms with van der Waals surface area (Å²) in [6.07, 6.45) is 0.836. The average Bonchev–Trinajstić information content (AvgIpc) is 3.47. The Bertz CT molecular complexity index is 850. The molecule has 0 aliphatic carbocycles. The molecule has 13 heteroatoms. The Balaban J connectivity index is 1.15. The molecule has 216 valence electrons. The lowest BCUT2D eigenvalue weighted by molar-refractivity contribution is -0.134. The molecule has 5 N–H and O–H groups in total. The summed E-state index contributed by atoms with van der Waals surface area (Å²) in [6, 6.07) is -1.07. The summed E-state index contributed by atoms with van der Waals surface area (Å²) in [4.78, 5) is 28.4. The van der Waals surface area contributed by atoms with Gasteiger partial charge in [-0.25, -0.2) is 8.78 Å². The number of thioether (sulfide) groups is 1. The minimum Gasteiger partial charge on any atom is -0.380 e. The number of halogens is 3. The zero-order valence-electron chi connectivity index (χ0n) is 22.0. The summed E-state index contributed by atoms with van der Waals surface area (Å²) in [5.74, 6) is 0.113. The number of piperidine rings is 3. The number of hydrogen-bond donors (Lipinski definition) is 5. The topological polar surface area (TPSA) is 107 Å². The molecule has 11 atom stereocenters. The number of amides is 2. The van der Waals surface area contributed by atoms with Gasteiger partial charge in [0, 0.05) is 50.6 Å². The maximum Gasteiger partial charge on any atom is 0.253 e. The van der Waals surface area contributed by atoms with Crippen molar-refractivity contribution in [3.05, 3.63) is 0 Å². The van der Waals surface area contributed by atoms with Crippen LogP contribution < -0.4 is 26.6 Å². The first-order valence-corrected chi connectivity index (χ1v) is 15.3. The summed E-state index contributed by atoms with van der Waals surface area (Å²) in [5.41, 5.74) is -0.347. The van der Waals surface area contributed by atoms with Crippen LogP contribution in [0.2, 0.25) is 0 Å². The highest BCUT2D eigenvalue weighted by Crippen LogP contribution is 2.38. The van der Waals surface area contributed by atoms with Crippen molar-refractivity contribution >= 4 is 35.2 Å².